The molecule has 1 aromatic rings. The Hall–Kier alpha value is -1.06. The molecule has 20 heavy (non-hydrogen) atoms. The zero-order valence-corrected chi connectivity index (χ0v) is 14.0. The molecule has 1 aromatic carbocycles. The molecule has 0 heterocycles. The highest BCUT2D eigenvalue weighted by Crippen LogP contribution is 2.24. The summed E-state index contributed by atoms with van der Waals surface area (Å²) in [5.74, 6) is 0. The van der Waals surface area contributed by atoms with Crippen molar-refractivity contribution in [3.63, 3.8) is 0 Å². The van der Waals surface area contributed by atoms with E-state index in [4.69, 9.17) is 0 Å². The number of benzene rings is 1. The second kappa shape index (κ2) is 8.28. The minimum atomic E-state index is 0.512. The topological polar surface area (TPSA) is 18.5 Å². The molecule has 114 valence electrons. The van der Waals surface area contributed by atoms with Crippen molar-refractivity contribution < 1.29 is 0 Å². The van der Waals surface area contributed by atoms with Crippen molar-refractivity contribution in [3.8, 4) is 0 Å². The van der Waals surface area contributed by atoms with Crippen LogP contribution in [-0.4, -0.2) is 44.7 Å². The standard InChI is InChI=1S/C17H31N3/c1-7-18-12-16-11-14(3)9-10-17(16)20(8-2)15(4)13-19(5)6/h9-11,15,18H,7-8,12-13H2,1-6H3. The number of hydrogen-bond donors (Lipinski definition) is 1. The second-order valence-electron chi connectivity index (χ2n) is 5.81. The summed E-state index contributed by atoms with van der Waals surface area (Å²) in [6.07, 6.45) is 0. The van der Waals surface area contributed by atoms with Crippen molar-refractivity contribution >= 4 is 5.69 Å². The lowest BCUT2D eigenvalue weighted by atomic mass is 10.1. The third kappa shape index (κ3) is 4.80. The molecule has 3 heteroatoms. The fourth-order valence-electron chi connectivity index (χ4n) is 2.74. The highest BCUT2D eigenvalue weighted by Gasteiger charge is 2.16. The average molecular weight is 277 g/mol. The first kappa shape index (κ1) is 17.0. The Morgan fingerprint density at radius 1 is 1.20 bits per heavy atom. The number of aryl methyl sites for hydroxylation is 1. The van der Waals surface area contributed by atoms with Gasteiger partial charge < -0.3 is 15.1 Å². The van der Waals surface area contributed by atoms with E-state index in [1.165, 1.54) is 16.8 Å². The molecule has 0 amide bonds. The molecule has 1 atom stereocenters. The summed E-state index contributed by atoms with van der Waals surface area (Å²) in [6.45, 7) is 12.9. The molecule has 0 aliphatic heterocycles. The summed E-state index contributed by atoms with van der Waals surface area (Å²) in [6, 6.07) is 7.31. The Morgan fingerprint density at radius 2 is 1.90 bits per heavy atom. The molecule has 0 fully saturated rings. The Labute approximate surface area is 125 Å². The molecular weight excluding hydrogens is 246 g/mol. The van der Waals surface area contributed by atoms with E-state index in [1.54, 1.807) is 0 Å². The van der Waals surface area contributed by atoms with Gasteiger partial charge in [0.1, 0.15) is 0 Å². The van der Waals surface area contributed by atoms with Gasteiger partial charge in [-0.1, -0.05) is 24.6 Å². The molecule has 1 N–H and O–H groups in total. The summed E-state index contributed by atoms with van der Waals surface area (Å²) < 4.78 is 0. The number of nitrogens with one attached hydrogen (secondary N) is 1. The third-order valence-electron chi connectivity index (χ3n) is 3.61. The zero-order chi connectivity index (χ0) is 15.1. The van der Waals surface area contributed by atoms with Gasteiger partial charge in [-0.3, -0.25) is 0 Å². The molecule has 1 rings (SSSR count). The molecule has 3 nitrogen and oxygen atoms in total. The SMILES string of the molecule is CCNCc1cc(C)ccc1N(CC)C(C)CN(C)C. The van der Waals surface area contributed by atoms with Gasteiger partial charge in [0.25, 0.3) is 0 Å². The minimum Gasteiger partial charge on any atom is -0.368 e. The summed E-state index contributed by atoms with van der Waals surface area (Å²) in [5, 5.41) is 3.45. The molecule has 0 aliphatic carbocycles. The second-order valence-corrected chi connectivity index (χ2v) is 5.81. The van der Waals surface area contributed by atoms with Crippen LogP contribution in [0.2, 0.25) is 0 Å². The molecule has 0 saturated carbocycles. The molecule has 0 aliphatic rings. The molecule has 0 radical (unpaired) electrons. The highest BCUT2D eigenvalue weighted by atomic mass is 15.2. The van der Waals surface area contributed by atoms with E-state index in [0.717, 1.165) is 26.2 Å². The van der Waals surface area contributed by atoms with E-state index in [1.807, 2.05) is 0 Å². The van der Waals surface area contributed by atoms with Crippen LogP contribution in [0.3, 0.4) is 0 Å². The third-order valence-corrected chi connectivity index (χ3v) is 3.61. The van der Waals surface area contributed by atoms with Crippen LogP contribution in [0.25, 0.3) is 0 Å². The lowest BCUT2D eigenvalue weighted by molar-refractivity contribution is 0.372. The largest absolute Gasteiger partial charge is 0.368 e. The van der Waals surface area contributed by atoms with Crippen LogP contribution in [0.5, 0.6) is 0 Å². The van der Waals surface area contributed by atoms with Gasteiger partial charge in [-0.2, -0.15) is 0 Å². The Kier molecular flexibility index (Phi) is 7.03. The summed E-state index contributed by atoms with van der Waals surface area (Å²) in [7, 11) is 4.28. The Bertz CT molecular complexity index is 401. The highest BCUT2D eigenvalue weighted by molar-refractivity contribution is 5.55. The number of likely N-dealkylation sites (N-methyl/N-ethyl adjacent to an activating group) is 2. The van der Waals surface area contributed by atoms with E-state index >= 15 is 0 Å². The lowest BCUT2D eigenvalue weighted by Gasteiger charge is -2.34. The normalized spacial score (nSPS) is 12.8. The quantitative estimate of drug-likeness (QED) is 0.788. The zero-order valence-electron chi connectivity index (χ0n) is 14.0. The van der Waals surface area contributed by atoms with Crippen LogP contribution in [0.1, 0.15) is 31.9 Å². The van der Waals surface area contributed by atoms with Gasteiger partial charge in [-0.25, -0.2) is 0 Å². The Morgan fingerprint density at radius 3 is 2.45 bits per heavy atom. The number of rotatable bonds is 8. The molecule has 0 spiro atoms. The van der Waals surface area contributed by atoms with Gasteiger partial charge in [-0.05, 0) is 53.0 Å². The lowest BCUT2D eigenvalue weighted by Crippen LogP contribution is -2.40. The van der Waals surface area contributed by atoms with Crippen molar-refractivity contribution in [1.82, 2.24) is 10.2 Å². The van der Waals surface area contributed by atoms with Crippen molar-refractivity contribution in [1.29, 1.82) is 0 Å². The first-order valence-corrected chi connectivity index (χ1v) is 7.71. The molecule has 0 saturated heterocycles. The van der Waals surface area contributed by atoms with E-state index in [0.29, 0.717) is 6.04 Å². The van der Waals surface area contributed by atoms with Crippen LogP contribution in [0.15, 0.2) is 18.2 Å². The average Bonchev–Trinajstić information content (AvgIpc) is 2.38. The van der Waals surface area contributed by atoms with Crippen molar-refractivity contribution in [2.24, 2.45) is 0 Å². The smallest absolute Gasteiger partial charge is 0.0414 e. The predicted octanol–water partition coefficient (Wildman–Crippen LogP) is 2.88. The maximum Gasteiger partial charge on any atom is 0.0414 e. The summed E-state index contributed by atoms with van der Waals surface area (Å²) in [5.41, 5.74) is 4.10. The Balaban J connectivity index is 3.00. The van der Waals surface area contributed by atoms with E-state index in [2.05, 4.69) is 75.1 Å². The van der Waals surface area contributed by atoms with Gasteiger partial charge in [0.05, 0.1) is 0 Å². The first-order chi connectivity index (χ1) is 9.49. The number of nitrogens with zero attached hydrogens (tertiary/aromatic N) is 2. The number of hydrogen-bond acceptors (Lipinski definition) is 3. The van der Waals surface area contributed by atoms with E-state index < -0.39 is 0 Å². The van der Waals surface area contributed by atoms with Crippen LogP contribution < -0.4 is 10.2 Å². The monoisotopic (exact) mass is 277 g/mol. The molecular formula is C17H31N3. The van der Waals surface area contributed by atoms with Crippen molar-refractivity contribution in [2.45, 2.75) is 40.3 Å². The van der Waals surface area contributed by atoms with Crippen LogP contribution in [0.4, 0.5) is 5.69 Å². The van der Waals surface area contributed by atoms with Gasteiger partial charge in [0, 0.05) is 31.4 Å². The minimum absolute atomic E-state index is 0.512. The fraction of sp³-hybridized carbons (Fsp3) is 0.647. The van der Waals surface area contributed by atoms with Crippen LogP contribution >= 0.6 is 0 Å². The number of anilines is 1. The first-order valence-electron chi connectivity index (χ1n) is 7.71. The molecule has 1 unspecified atom stereocenters. The molecule has 0 aromatic heterocycles. The van der Waals surface area contributed by atoms with E-state index in [9.17, 15) is 0 Å². The van der Waals surface area contributed by atoms with Crippen LogP contribution in [-0.2, 0) is 6.54 Å². The van der Waals surface area contributed by atoms with Gasteiger partial charge in [-0.15, -0.1) is 0 Å². The maximum atomic E-state index is 3.45. The summed E-state index contributed by atoms with van der Waals surface area (Å²) in [4.78, 5) is 4.76. The maximum absolute atomic E-state index is 3.45. The summed E-state index contributed by atoms with van der Waals surface area (Å²) >= 11 is 0. The van der Waals surface area contributed by atoms with Crippen LogP contribution in [0, 0.1) is 6.92 Å². The van der Waals surface area contributed by atoms with Gasteiger partial charge in [0.15, 0.2) is 0 Å². The fourth-order valence-corrected chi connectivity index (χ4v) is 2.74. The van der Waals surface area contributed by atoms with Crippen molar-refractivity contribution in [2.75, 3.05) is 38.6 Å². The van der Waals surface area contributed by atoms with Gasteiger partial charge >= 0.3 is 0 Å². The predicted molar refractivity (Wildman–Crippen MR) is 89.6 cm³/mol. The molecule has 0 bridgehead atoms. The van der Waals surface area contributed by atoms with E-state index in [-0.39, 0.29) is 0 Å². The van der Waals surface area contributed by atoms with Crippen molar-refractivity contribution in [3.05, 3.63) is 29.3 Å². The van der Waals surface area contributed by atoms with Gasteiger partial charge in [0.2, 0.25) is 0 Å².